The quantitative estimate of drug-likeness (QED) is 0.602. The zero-order valence-electron chi connectivity index (χ0n) is 19.3. The first kappa shape index (κ1) is 22.0. The van der Waals surface area contributed by atoms with E-state index in [4.69, 9.17) is 14.5 Å². The topological polar surface area (TPSA) is 68.6 Å². The molecular formula is C25H32N4O3. The number of hydrogen-bond donors (Lipinski definition) is 1. The first-order valence-electron chi connectivity index (χ1n) is 11.3. The Morgan fingerprint density at radius 1 is 1.16 bits per heavy atom. The van der Waals surface area contributed by atoms with E-state index < -0.39 is 0 Å². The highest BCUT2D eigenvalue weighted by atomic mass is 16.5. The number of benzene rings is 2. The highest BCUT2D eigenvalue weighted by Crippen LogP contribution is 2.31. The van der Waals surface area contributed by atoms with Gasteiger partial charge in [0.05, 0.1) is 31.3 Å². The lowest BCUT2D eigenvalue weighted by molar-refractivity contribution is -0.126. The lowest BCUT2D eigenvalue weighted by Gasteiger charge is -2.33. The third-order valence-corrected chi connectivity index (χ3v) is 6.36. The Bertz CT molecular complexity index is 1090. The molecule has 1 fully saturated rings. The molecule has 2 heterocycles. The molecule has 32 heavy (non-hydrogen) atoms. The summed E-state index contributed by atoms with van der Waals surface area (Å²) in [5.74, 6) is 2.57. The normalized spacial score (nSPS) is 15.6. The van der Waals surface area contributed by atoms with Gasteiger partial charge in [0.2, 0.25) is 11.9 Å². The lowest BCUT2D eigenvalue weighted by Crippen LogP contribution is -2.42. The fourth-order valence-corrected chi connectivity index (χ4v) is 4.54. The predicted octanol–water partition coefficient (Wildman–Crippen LogP) is 4.17. The van der Waals surface area contributed by atoms with Crippen molar-refractivity contribution >= 4 is 22.9 Å². The third kappa shape index (κ3) is 4.24. The largest absolute Gasteiger partial charge is 0.497 e. The number of anilines is 1. The van der Waals surface area contributed by atoms with Crippen molar-refractivity contribution in [1.29, 1.82) is 0 Å². The van der Waals surface area contributed by atoms with Crippen LogP contribution in [0.15, 0.2) is 42.5 Å². The molecule has 1 aliphatic heterocycles. The molecule has 4 rings (SSSR count). The number of amides is 1. The lowest BCUT2D eigenvalue weighted by atomic mass is 9.95. The van der Waals surface area contributed by atoms with Crippen LogP contribution < -0.4 is 19.7 Å². The molecule has 1 aliphatic rings. The summed E-state index contributed by atoms with van der Waals surface area (Å²) in [6.45, 7) is 6.63. The number of ether oxygens (including phenoxy) is 2. The van der Waals surface area contributed by atoms with Crippen LogP contribution in [-0.2, 0) is 11.3 Å². The Morgan fingerprint density at radius 2 is 1.91 bits per heavy atom. The summed E-state index contributed by atoms with van der Waals surface area (Å²) >= 11 is 0. The summed E-state index contributed by atoms with van der Waals surface area (Å²) < 4.78 is 13.1. The van der Waals surface area contributed by atoms with E-state index in [1.165, 1.54) is 0 Å². The summed E-state index contributed by atoms with van der Waals surface area (Å²) in [6.07, 6.45) is 1.61. The number of carbonyl (C=O) groups is 1. The van der Waals surface area contributed by atoms with Crippen molar-refractivity contribution in [2.24, 2.45) is 5.92 Å². The van der Waals surface area contributed by atoms with E-state index in [1.54, 1.807) is 14.2 Å². The van der Waals surface area contributed by atoms with Gasteiger partial charge in [0.15, 0.2) is 0 Å². The fraction of sp³-hybridized carbons (Fsp3) is 0.440. The number of rotatable bonds is 7. The summed E-state index contributed by atoms with van der Waals surface area (Å²) in [7, 11) is 3.27. The number of para-hydroxylation sites is 2. The number of fused-ring (bicyclic) bond motifs is 1. The van der Waals surface area contributed by atoms with Crippen LogP contribution in [0.3, 0.4) is 0 Å². The van der Waals surface area contributed by atoms with Gasteiger partial charge in [-0.25, -0.2) is 4.98 Å². The van der Waals surface area contributed by atoms with E-state index in [9.17, 15) is 4.79 Å². The second-order valence-corrected chi connectivity index (χ2v) is 8.24. The standard InChI is InChI=1S/C25H32N4O3/c1-5-29-22-9-7-6-8-21(22)27-25(29)28-14-12-18(13-15-28)24(30)26-17(2)20-16-19(31-3)10-11-23(20)32-4/h6-11,16-18H,5,12-15H2,1-4H3,(H,26,30). The molecule has 0 aliphatic carbocycles. The average molecular weight is 437 g/mol. The minimum absolute atomic E-state index is 0.00948. The number of nitrogens with one attached hydrogen (secondary N) is 1. The monoisotopic (exact) mass is 436 g/mol. The molecule has 0 bridgehead atoms. The Morgan fingerprint density at radius 3 is 2.59 bits per heavy atom. The van der Waals surface area contributed by atoms with Gasteiger partial charge in [0.1, 0.15) is 11.5 Å². The molecule has 1 unspecified atom stereocenters. The fourth-order valence-electron chi connectivity index (χ4n) is 4.54. The molecule has 1 saturated heterocycles. The third-order valence-electron chi connectivity index (χ3n) is 6.36. The number of carbonyl (C=O) groups excluding carboxylic acids is 1. The first-order chi connectivity index (χ1) is 15.5. The van der Waals surface area contributed by atoms with Gasteiger partial charge in [-0.15, -0.1) is 0 Å². The molecule has 1 atom stereocenters. The molecule has 7 heteroatoms. The minimum atomic E-state index is -0.171. The summed E-state index contributed by atoms with van der Waals surface area (Å²) in [5.41, 5.74) is 3.09. The van der Waals surface area contributed by atoms with Crippen LogP contribution >= 0.6 is 0 Å². The Hall–Kier alpha value is -3.22. The van der Waals surface area contributed by atoms with Crippen molar-refractivity contribution in [2.75, 3.05) is 32.2 Å². The van der Waals surface area contributed by atoms with Crippen molar-refractivity contribution in [1.82, 2.24) is 14.9 Å². The van der Waals surface area contributed by atoms with Crippen molar-refractivity contribution in [3.8, 4) is 11.5 Å². The zero-order chi connectivity index (χ0) is 22.7. The summed E-state index contributed by atoms with van der Waals surface area (Å²) in [4.78, 5) is 20.2. The Balaban J connectivity index is 1.41. The Kier molecular flexibility index (Phi) is 6.53. The molecule has 0 radical (unpaired) electrons. The van der Waals surface area contributed by atoms with Crippen molar-refractivity contribution in [2.45, 2.75) is 39.3 Å². The van der Waals surface area contributed by atoms with E-state index in [1.807, 2.05) is 31.2 Å². The second-order valence-electron chi connectivity index (χ2n) is 8.24. The van der Waals surface area contributed by atoms with Gasteiger partial charge in [-0.2, -0.15) is 0 Å². The molecule has 7 nitrogen and oxygen atoms in total. The van der Waals surface area contributed by atoms with Gasteiger partial charge in [0, 0.05) is 31.1 Å². The average Bonchev–Trinajstić information content (AvgIpc) is 3.22. The second kappa shape index (κ2) is 9.51. The van der Waals surface area contributed by atoms with Crippen LogP contribution in [0.4, 0.5) is 5.95 Å². The number of piperidine rings is 1. The maximum Gasteiger partial charge on any atom is 0.223 e. The maximum atomic E-state index is 13.0. The van der Waals surface area contributed by atoms with E-state index >= 15 is 0 Å². The molecular weight excluding hydrogens is 404 g/mol. The minimum Gasteiger partial charge on any atom is -0.497 e. The van der Waals surface area contributed by atoms with E-state index in [-0.39, 0.29) is 17.9 Å². The van der Waals surface area contributed by atoms with Crippen LogP contribution in [0.25, 0.3) is 11.0 Å². The molecule has 170 valence electrons. The summed E-state index contributed by atoms with van der Waals surface area (Å²) in [6, 6.07) is 13.7. The maximum absolute atomic E-state index is 13.0. The van der Waals surface area contributed by atoms with Gasteiger partial charge in [-0.3, -0.25) is 4.79 Å². The number of imidazole rings is 1. The molecule has 0 saturated carbocycles. The molecule has 3 aromatic rings. The zero-order valence-corrected chi connectivity index (χ0v) is 19.3. The van der Waals surface area contributed by atoms with E-state index in [2.05, 4.69) is 39.9 Å². The molecule has 1 aromatic heterocycles. The van der Waals surface area contributed by atoms with Gasteiger partial charge < -0.3 is 24.3 Å². The van der Waals surface area contributed by atoms with Gasteiger partial charge in [0.25, 0.3) is 0 Å². The van der Waals surface area contributed by atoms with E-state index in [0.717, 1.165) is 66.5 Å². The SMILES string of the molecule is CCn1c(N2CCC(C(=O)NC(C)c3cc(OC)ccc3OC)CC2)nc2ccccc21. The number of aromatic nitrogens is 2. The number of methoxy groups -OCH3 is 2. The van der Waals surface area contributed by atoms with Gasteiger partial charge in [-0.1, -0.05) is 12.1 Å². The van der Waals surface area contributed by atoms with Crippen LogP contribution in [-0.4, -0.2) is 42.8 Å². The molecule has 1 amide bonds. The highest BCUT2D eigenvalue weighted by molar-refractivity contribution is 5.80. The van der Waals surface area contributed by atoms with Crippen LogP contribution in [0, 0.1) is 5.92 Å². The number of nitrogens with zero attached hydrogens (tertiary/aromatic N) is 3. The van der Waals surface area contributed by atoms with Gasteiger partial charge in [-0.05, 0) is 57.0 Å². The van der Waals surface area contributed by atoms with Crippen LogP contribution in [0.2, 0.25) is 0 Å². The first-order valence-corrected chi connectivity index (χ1v) is 11.3. The van der Waals surface area contributed by atoms with Crippen molar-refractivity contribution in [3.63, 3.8) is 0 Å². The summed E-state index contributed by atoms with van der Waals surface area (Å²) in [5, 5.41) is 3.18. The molecule has 1 N–H and O–H groups in total. The van der Waals surface area contributed by atoms with Crippen LogP contribution in [0.1, 0.15) is 38.3 Å². The van der Waals surface area contributed by atoms with Crippen LogP contribution in [0.5, 0.6) is 11.5 Å². The molecule has 0 spiro atoms. The van der Waals surface area contributed by atoms with Gasteiger partial charge >= 0.3 is 0 Å². The Labute approximate surface area is 189 Å². The number of aryl methyl sites for hydroxylation is 1. The number of hydrogen-bond acceptors (Lipinski definition) is 5. The van der Waals surface area contributed by atoms with E-state index in [0.29, 0.717) is 0 Å². The molecule has 2 aromatic carbocycles. The van der Waals surface area contributed by atoms with Crippen molar-refractivity contribution in [3.05, 3.63) is 48.0 Å². The highest BCUT2D eigenvalue weighted by Gasteiger charge is 2.28. The smallest absolute Gasteiger partial charge is 0.223 e. The predicted molar refractivity (Wildman–Crippen MR) is 126 cm³/mol. The van der Waals surface area contributed by atoms with Crippen molar-refractivity contribution < 1.29 is 14.3 Å².